The molecule has 0 aliphatic heterocycles. The third-order valence-electron chi connectivity index (χ3n) is 1.79. The predicted octanol–water partition coefficient (Wildman–Crippen LogP) is 1.41. The summed E-state index contributed by atoms with van der Waals surface area (Å²) in [5.74, 6) is 0. The Morgan fingerprint density at radius 2 is 1.91 bits per heavy atom. The molecular weight excluding hydrogens is 364 g/mol. The van der Waals surface area contributed by atoms with Gasteiger partial charge in [-0.2, -0.15) is 0 Å². The SMILES string of the molecule is CCOC(C)(CC)CNC.[U]. The van der Waals surface area contributed by atoms with Crippen molar-refractivity contribution in [1.82, 2.24) is 5.32 Å². The van der Waals surface area contributed by atoms with Crippen molar-refractivity contribution in [2.75, 3.05) is 20.2 Å². The topological polar surface area (TPSA) is 21.3 Å². The van der Waals surface area contributed by atoms with Crippen LogP contribution in [0.3, 0.4) is 0 Å². The van der Waals surface area contributed by atoms with Gasteiger partial charge in [0.1, 0.15) is 0 Å². The predicted molar refractivity (Wildman–Crippen MR) is 44.2 cm³/mol. The zero-order chi connectivity index (χ0) is 8.04. The number of hydrogen-bond donors (Lipinski definition) is 1. The van der Waals surface area contributed by atoms with Crippen LogP contribution in [0.2, 0.25) is 0 Å². The van der Waals surface area contributed by atoms with Crippen LogP contribution in [0.25, 0.3) is 0 Å². The molecule has 66 valence electrons. The molecule has 0 amide bonds. The van der Waals surface area contributed by atoms with E-state index < -0.39 is 0 Å². The Balaban J connectivity index is 0. The summed E-state index contributed by atoms with van der Waals surface area (Å²) in [5.41, 5.74) is 0.0312. The van der Waals surface area contributed by atoms with Gasteiger partial charge in [-0.05, 0) is 27.3 Å². The molecule has 0 radical (unpaired) electrons. The van der Waals surface area contributed by atoms with E-state index in [9.17, 15) is 0 Å². The maximum absolute atomic E-state index is 5.56. The van der Waals surface area contributed by atoms with E-state index in [0.29, 0.717) is 0 Å². The summed E-state index contributed by atoms with van der Waals surface area (Å²) in [7, 11) is 1.95. The molecule has 1 atom stereocenters. The number of rotatable bonds is 5. The van der Waals surface area contributed by atoms with E-state index in [4.69, 9.17) is 4.74 Å². The molecule has 0 saturated heterocycles. The minimum Gasteiger partial charge on any atom is -0.374 e. The van der Waals surface area contributed by atoms with Crippen molar-refractivity contribution in [3.05, 3.63) is 0 Å². The molecule has 0 aliphatic carbocycles. The average molecular weight is 383 g/mol. The van der Waals surface area contributed by atoms with Gasteiger partial charge in [0.15, 0.2) is 0 Å². The molecule has 0 fully saturated rings. The van der Waals surface area contributed by atoms with Crippen molar-refractivity contribution in [3.8, 4) is 0 Å². The van der Waals surface area contributed by atoms with Crippen LogP contribution < -0.4 is 5.32 Å². The Kier molecular flexibility index (Phi) is 10.0. The van der Waals surface area contributed by atoms with Crippen molar-refractivity contribution in [2.24, 2.45) is 0 Å². The molecule has 0 aromatic heterocycles. The number of likely N-dealkylation sites (N-methyl/N-ethyl adjacent to an activating group) is 1. The molecular formula is C8H19NOU. The van der Waals surface area contributed by atoms with Gasteiger partial charge >= 0.3 is 0 Å². The van der Waals surface area contributed by atoms with E-state index in [1.807, 2.05) is 14.0 Å². The summed E-state index contributed by atoms with van der Waals surface area (Å²) in [4.78, 5) is 0. The first-order valence-electron chi connectivity index (χ1n) is 3.97. The first-order valence-corrected chi connectivity index (χ1v) is 3.97. The van der Waals surface area contributed by atoms with Crippen molar-refractivity contribution in [3.63, 3.8) is 0 Å². The molecule has 11 heavy (non-hydrogen) atoms. The second kappa shape index (κ2) is 7.61. The van der Waals surface area contributed by atoms with Gasteiger partial charge in [-0.25, -0.2) is 0 Å². The van der Waals surface area contributed by atoms with E-state index in [1.165, 1.54) is 0 Å². The van der Waals surface area contributed by atoms with Gasteiger partial charge in [0, 0.05) is 44.3 Å². The van der Waals surface area contributed by atoms with Gasteiger partial charge in [-0.3, -0.25) is 0 Å². The molecule has 0 aromatic rings. The van der Waals surface area contributed by atoms with Crippen LogP contribution in [0.1, 0.15) is 27.2 Å². The molecule has 0 bridgehead atoms. The van der Waals surface area contributed by atoms with E-state index in [2.05, 4.69) is 19.2 Å². The van der Waals surface area contributed by atoms with Gasteiger partial charge < -0.3 is 10.1 Å². The fourth-order valence-electron chi connectivity index (χ4n) is 1.00. The fourth-order valence-corrected chi connectivity index (χ4v) is 1.00. The van der Waals surface area contributed by atoms with Crippen LogP contribution >= 0.6 is 0 Å². The Labute approximate surface area is 93.8 Å². The maximum atomic E-state index is 5.56. The first kappa shape index (κ1) is 14.5. The molecule has 0 aromatic carbocycles. The van der Waals surface area contributed by atoms with Gasteiger partial charge in [-0.1, -0.05) is 6.92 Å². The Morgan fingerprint density at radius 1 is 1.36 bits per heavy atom. The molecule has 0 saturated carbocycles. The van der Waals surface area contributed by atoms with Crippen LogP contribution in [0.5, 0.6) is 0 Å². The standard InChI is InChI=1S/C8H19NO.U/c1-5-8(3,7-9-4)10-6-2;/h9H,5-7H2,1-4H3;. The molecule has 0 aliphatic rings. The molecule has 3 heteroatoms. The van der Waals surface area contributed by atoms with E-state index in [-0.39, 0.29) is 36.7 Å². The smallest absolute Gasteiger partial charge is 0.0775 e. The quantitative estimate of drug-likeness (QED) is 0.776. The zero-order valence-electron chi connectivity index (χ0n) is 8.03. The van der Waals surface area contributed by atoms with Crippen LogP contribution in [-0.2, 0) is 4.74 Å². The third-order valence-corrected chi connectivity index (χ3v) is 1.79. The third kappa shape index (κ3) is 6.16. The second-order valence-corrected chi connectivity index (χ2v) is 2.77. The Hall–Kier alpha value is 0.972. The van der Waals surface area contributed by atoms with E-state index >= 15 is 0 Å². The van der Waals surface area contributed by atoms with E-state index in [0.717, 1.165) is 19.6 Å². The number of nitrogens with one attached hydrogen (secondary N) is 1. The molecule has 1 N–H and O–H groups in total. The van der Waals surface area contributed by atoms with Gasteiger partial charge in [0.25, 0.3) is 0 Å². The van der Waals surface area contributed by atoms with Gasteiger partial charge in [0.2, 0.25) is 0 Å². The van der Waals surface area contributed by atoms with Crippen molar-refractivity contribution in [2.45, 2.75) is 32.8 Å². The minimum atomic E-state index is 0. The molecule has 0 spiro atoms. The van der Waals surface area contributed by atoms with Gasteiger partial charge in [-0.15, -0.1) is 0 Å². The summed E-state index contributed by atoms with van der Waals surface area (Å²) in [6.07, 6.45) is 1.06. The summed E-state index contributed by atoms with van der Waals surface area (Å²) < 4.78 is 5.56. The molecule has 0 heterocycles. The van der Waals surface area contributed by atoms with Crippen LogP contribution in [0.15, 0.2) is 0 Å². The second-order valence-electron chi connectivity index (χ2n) is 2.77. The van der Waals surface area contributed by atoms with Crippen molar-refractivity contribution < 1.29 is 35.9 Å². The molecule has 1 unspecified atom stereocenters. The summed E-state index contributed by atoms with van der Waals surface area (Å²) in [5, 5.41) is 3.12. The zero-order valence-corrected chi connectivity index (χ0v) is 12.2. The normalized spacial score (nSPS) is 15.3. The first-order chi connectivity index (χ1) is 4.68. The van der Waals surface area contributed by atoms with Crippen molar-refractivity contribution >= 4 is 0 Å². The fraction of sp³-hybridized carbons (Fsp3) is 1.00. The monoisotopic (exact) mass is 383 g/mol. The van der Waals surface area contributed by atoms with Crippen molar-refractivity contribution in [1.29, 1.82) is 0 Å². The van der Waals surface area contributed by atoms with Gasteiger partial charge in [0.05, 0.1) is 5.60 Å². The number of hydrogen-bond acceptors (Lipinski definition) is 2. The van der Waals surface area contributed by atoms with Crippen LogP contribution in [0.4, 0.5) is 0 Å². The minimum absolute atomic E-state index is 0. The average Bonchev–Trinajstić information content (AvgIpc) is 1.89. The van der Waals surface area contributed by atoms with Crippen LogP contribution in [-0.4, -0.2) is 25.8 Å². The number of ether oxygens (including phenoxy) is 1. The summed E-state index contributed by atoms with van der Waals surface area (Å²) in [6, 6.07) is 0. The van der Waals surface area contributed by atoms with E-state index in [1.54, 1.807) is 0 Å². The Morgan fingerprint density at radius 3 is 2.18 bits per heavy atom. The Bertz CT molecular complexity index is 82.2. The summed E-state index contributed by atoms with van der Waals surface area (Å²) >= 11 is 0. The maximum Gasteiger partial charge on any atom is 0.0775 e. The molecule has 0 rings (SSSR count). The van der Waals surface area contributed by atoms with Crippen LogP contribution in [0, 0.1) is 31.1 Å². The molecule has 2 nitrogen and oxygen atoms in total. The largest absolute Gasteiger partial charge is 0.374 e. The summed E-state index contributed by atoms with van der Waals surface area (Å²) in [6.45, 7) is 8.03.